The van der Waals surface area contributed by atoms with E-state index in [9.17, 15) is 4.79 Å². The van der Waals surface area contributed by atoms with Gasteiger partial charge in [0.05, 0.1) is 12.2 Å². The van der Waals surface area contributed by atoms with E-state index in [0.717, 1.165) is 16.7 Å². The Morgan fingerprint density at radius 3 is 2.60 bits per heavy atom. The number of alkyl halides is 1. The molecule has 0 spiro atoms. The molecule has 0 unspecified atom stereocenters. The second-order valence-corrected chi connectivity index (χ2v) is 3.71. The highest BCUT2D eigenvalue weighted by Crippen LogP contribution is 2.18. The van der Waals surface area contributed by atoms with Crippen LogP contribution in [0.2, 0.25) is 0 Å². The van der Waals surface area contributed by atoms with Gasteiger partial charge in [0.1, 0.15) is 0 Å². The van der Waals surface area contributed by atoms with Gasteiger partial charge in [0.25, 0.3) is 0 Å². The van der Waals surface area contributed by atoms with Crippen LogP contribution < -0.4 is 0 Å². The normalized spacial score (nSPS) is 10.1. The first-order chi connectivity index (χ1) is 7.10. The molecule has 0 amide bonds. The van der Waals surface area contributed by atoms with Gasteiger partial charge in [-0.2, -0.15) is 0 Å². The van der Waals surface area contributed by atoms with E-state index in [1.165, 1.54) is 0 Å². The lowest BCUT2D eigenvalue weighted by Crippen LogP contribution is -2.08. The van der Waals surface area contributed by atoms with Crippen molar-refractivity contribution in [3.63, 3.8) is 0 Å². The Morgan fingerprint density at radius 2 is 2.07 bits per heavy atom. The number of rotatable bonds is 3. The van der Waals surface area contributed by atoms with Crippen LogP contribution in [0.15, 0.2) is 12.1 Å². The van der Waals surface area contributed by atoms with Gasteiger partial charge in [-0.05, 0) is 43.5 Å². The molecule has 0 aliphatic rings. The number of hydrogen-bond acceptors (Lipinski definition) is 2. The van der Waals surface area contributed by atoms with Gasteiger partial charge in [0.15, 0.2) is 0 Å². The first-order valence-corrected chi connectivity index (χ1v) is 5.46. The fourth-order valence-corrected chi connectivity index (χ4v) is 1.59. The summed E-state index contributed by atoms with van der Waals surface area (Å²) in [6.45, 7) is 6.07. The molecule has 1 aromatic rings. The van der Waals surface area contributed by atoms with E-state index in [0.29, 0.717) is 18.1 Å². The van der Waals surface area contributed by atoms with Crippen molar-refractivity contribution in [2.75, 3.05) is 6.61 Å². The molecule has 0 fully saturated rings. The van der Waals surface area contributed by atoms with Gasteiger partial charge in [0, 0.05) is 5.88 Å². The highest BCUT2D eigenvalue weighted by Gasteiger charge is 2.12. The molecule has 0 heterocycles. The van der Waals surface area contributed by atoms with Gasteiger partial charge < -0.3 is 4.74 Å². The first-order valence-electron chi connectivity index (χ1n) is 4.93. The number of ether oxygens (including phenoxy) is 1. The molecule has 3 heteroatoms. The van der Waals surface area contributed by atoms with Crippen molar-refractivity contribution < 1.29 is 9.53 Å². The topological polar surface area (TPSA) is 26.3 Å². The summed E-state index contributed by atoms with van der Waals surface area (Å²) in [6, 6.07) is 3.79. The van der Waals surface area contributed by atoms with Gasteiger partial charge in [-0.1, -0.05) is 6.07 Å². The summed E-state index contributed by atoms with van der Waals surface area (Å²) in [5.41, 5.74) is 3.59. The van der Waals surface area contributed by atoms with Gasteiger partial charge >= 0.3 is 5.97 Å². The Kier molecular flexibility index (Phi) is 4.15. The molecule has 0 aliphatic carbocycles. The van der Waals surface area contributed by atoms with Crippen molar-refractivity contribution in [3.05, 3.63) is 34.4 Å². The fourth-order valence-electron chi connectivity index (χ4n) is 1.43. The Hall–Kier alpha value is -1.02. The van der Waals surface area contributed by atoms with Gasteiger partial charge in [-0.15, -0.1) is 11.6 Å². The zero-order chi connectivity index (χ0) is 11.4. The van der Waals surface area contributed by atoms with Gasteiger partial charge in [-0.25, -0.2) is 4.79 Å². The molecule has 0 aliphatic heterocycles. The first kappa shape index (κ1) is 12.1. The lowest BCUT2D eigenvalue weighted by molar-refractivity contribution is 0.0525. The molecule has 0 N–H and O–H groups in total. The predicted molar refractivity (Wildman–Crippen MR) is 61.4 cm³/mol. The summed E-state index contributed by atoms with van der Waals surface area (Å²) >= 11 is 5.75. The molecule has 0 atom stereocenters. The summed E-state index contributed by atoms with van der Waals surface area (Å²) < 4.78 is 4.98. The van der Waals surface area contributed by atoms with E-state index in [-0.39, 0.29) is 5.97 Å². The molecule has 0 saturated heterocycles. The maximum absolute atomic E-state index is 11.6. The van der Waals surface area contributed by atoms with Crippen LogP contribution in [0.5, 0.6) is 0 Å². The summed E-state index contributed by atoms with van der Waals surface area (Å²) in [6.07, 6.45) is 0. The molecule has 2 nitrogen and oxygen atoms in total. The second-order valence-electron chi connectivity index (χ2n) is 3.44. The number of benzene rings is 1. The maximum atomic E-state index is 11.6. The number of halogens is 1. The van der Waals surface area contributed by atoms with Crippen molar-refractivity contribution in [1.29, 1.82) is 0 Å². The average molecular weight is 227 g/mol. The third-order valence-electron chi connectivity index (χ3n) is 2.38. The van der Waals surface area contributed by atoms with Gasteiger partial charge in [0.2, 0.25) is 0 Å². The molecule has 0 aromatic heterocycles. The molecular weight excluding hydrogens is 212 g/mol. The molecular formula is C12H15ClO2. The minimum absolute atomic E-state index is 0.273. The molecule has 1 rings (SSSR count). The lowest BCUT2D eigenvalue weighted by Gasteiger charge is -2.09. The van der Waals surface area contributed by atoms with E-state index in [1.807, 2.05) is 19.9 Å². The number of carbonyl (C=O) groups excluding carboxylic acids is 1. The van der Waals surface area contributed by atoms with E-state index < -0.39 is 0 Å². The minimum atomic E-state index is -0.273. The van der Waals surface area contributed by atoms with Crippen molar-refractivity contribution in [2.45, 2.75) is 26.7 Å². The third-order valence-corrected chi connectivity index (χ3v) is 2.69. The SMILES string of the molecule is CCOC(=O)c1cc(CCl)cc(C)c1C. The van der Waals surface area contributed by atoms with Crippen LogP contribution in [0.1, 0.15) is 34.0 Å². The fraction of sp³-hybridized carbons (Fsp3) is 0.417. The summed E-state index contributed by atoms with van der Waals surface area (Å²) in [5, 5.41) is 0. The van der Waals surface area contributed by atoms with Crippen molar-refractivity contribution in [1.82, 2.24) is 0 Å². The van der Waals surface area contributed by atoms with Crippen LogP contribution in [0.4, 0.5) is 0 Å². The quantitative estimate of drug-likeness (QED) is 0.584. The lowest BCUT2D eigenvalue weighted by atomic mass is 10.0. The monoisotopic (exact) mass is 226 g/mol. The summed E-state index contributed by atoms with van der Waals surface area (Å²) in [4.78, 5) is 11.6. The van der Waals surface area contributed by atoms with Crippen LogP contribution in [0.3, 0.4) is 0 Å². The number of carbonyl (C=O) groups is 1. The minimum Gasteiger partial charge on any atom is -0.462 e. The summed E-state index contributed by atoms with van der Waals surface area (Å²) in [5.74, 6) is 0.137. The Balaban J connectivity index is 3.15. The predicted octanol–water partition coefficient (Wildman–Crippen LogP) is 3.22. The number of aryl methyl sites for hydroxylation is 1. The molecule has 0 saturated carbocycles. The van der Waals surface area contributed by atoms with Crippen LogP contribution in [0.25, 0.3) is 0 Å². The van der Waals surface area contributed by atoms with Crippen molar-refractivity contribution in [3.8, 4) is 0 Å². The molecule has 0 radical (unpaired) electrons. The highest BCUT2D eigenvalue weighted by molar-refractivity contribution is 6.17. The number of esters is 1. The maximum Gasteiger partial charge on any atom is 0.338 e. The van der Waals surface area contributed by atoms with Crippen LogP contribution in [-0.4, -0.2) is 12.6 Å². The Bertz CT molecular complexity index is 372. The highest BCUT2D eigenvalue weighted by atomic mass is 35.5. The smallest absolute Gasteiger partial charge is 0.338 e. The Labute approximate surface area is 95.2 Å². The molecule has 0 bridgehead atoms. The summed E-state index contributed by atoms with van der Waals surface area (Å²) in [7, 11) is 0. The molecule has 82 valence electrons. The molecule has 1 aromatic carbocycles. The number of hydrogen-bond donors (Lipinski definition) is 0. The van der Waals surface area contributed by atoms with Crippen LogP contribution >= 0.6 is 11.6 Å². The van der Waals surface area contributed by atoms with Crippen LogP contribution in [0, 0.1) is 13.8 Å². The van der Waals surface area contributed by atoms with E-state index >= 15 is 0 Å². The van der Waals surface area contributed by atoms with E-state index in [1.54, 1.807) is 13.0 Å². The third kappa shape index (κ3) is 2.72. The molecule has 15 heavy (non-hydrogen) atoms. The van der Waals surface area contributed by atoms with Crippen LogP contribution in [-0.2, 0) is 10.6 Å². The van der Waals surface area contributed by atoms with E-state index in [2.05, 4.69) is 0 Å². The zero-order valence-electron chi connectivity index (χ0n) is 9.26. The van der Waals surface area contributed by atoms with Crippen molar-refractivity contribution in [2.24, 2.45) is 0 Å². The Morgan fingerprint density at radius 1 is 1.40 bits per heavy atom. The zero-order valence-corrected chi connectivity index (χ0v) is 10.0. The standard InChI is InChI=1S/C12H15ClO2/c1-4-15-12(14)11-6-10(7-13)5-8(2)9(11)3/h5-6H,4,7H2,1-3H3. The van der Waals surface area contributed by atoms with E-state index in [4.69, 9.17) is 16.3 Å². The largest absolute Gasteiger partial charge is 0.462 e. The van der Waals surface area contributed by atoms with Crippen molar-refractivity contribution >= 4 is 17.6 Å². The van der Waals surface area contributed by atoms with Gasteiger partial charge in [-0.3, -0.25) is 0 Å². The average Bonchev–Trinajstić information content (AvgIpc) is 2.22. The second kappa shape index (κ2) is 5.17.